The molecule has 1 aromatic heterocycles. The van der Waals surface area contributed by atoms with Gasteiger partial charge in [0.25, 0.3) is 5.91 Å². The molecular formula is C23H25F5N4O4. The highest BCUT2D eigenvalue weighted by molar-refractivity contribution is 5.88. The molecule has 0 aliphatic carbocycles. The molecule has 0 radical (unpaired) electrons. The molecule has 0 spiro atoms. The lowest BCUT2D eigenvalue weighted by Crippen LogP contribution is -2.55. The van der Waals surface area contributed by atoms with Crippen LogP contribution in [0, 0.1) is 0 Å². The Kier molecular flexibility index (Phi) is 10.3. The molecule has 8 nitrogen and oxygen atoms in total. The van der Waals surface area contributed by atoms with Crippen LogP contribution < -0.4 is 16.0 Å². The van der Waals surface area contributed by atoms with Crippen molar-refractivity contribution in [3.63, 3.8) is 0 Å². The van der Waals surface area contributed by atoms with Crippen LogP contribution >= 0.6 is 0 Å². The van der Waals surface area contributed by atoms with Crippen molar-refractivity contribution in [1.29, 1.82) is 0 Å². The number of pyridine rings is 1. The number of aromatic nitrogens is 1. The van der Waals surface area contributed by atoms with Crippen LogP contribution in [0.25, 0.3) is 0 Å². The zero-order chi connectivity index (χ0) is 26.8. The normalized spacial score (nSPS) is 13.4. The number of benzene rings is 1. The Morgan fingerprint density at radius 3 is 2.22 bits per heavy atom. The Labute approximate surface area is 203 Å². The summed E-state index contributed by atoms with van der Waals surface area (Å²) in [4.78, 5) is 40.6. The van der Waals surface area contributed by atoms with Crippen LogP contribution in [0.1, 0.15) is 17.7 Å². The SMILES string of the molecule is O=C(CCc1ccccc1)NC(Cc1ccccn1)C(=O)NCC(O)C(F)(F)C(=O)NCC(F)(F)F. The molecule has 2 rings (SSSR count). The first-order valence-electron chi connectivity index (χ1n) is 10.8. The third-order valence-corrected chi connectivity index (χ3v) is 4.91. The van der Waals surface area contributed by atoms with Crippen molar-refractivity contribution < 1.29 is 41.4 Å². The van der Waals surface area contributed by atoms with Crippen molar-refractivity contribution >= 4 is 17.7 Å². The van der Waals surface area contributed by atoms with Crippen LogP contribution in [0.4, 0.5) is 22.0 Å². The number of hydrogen-bond acceptors (Lipinski definition) is 5. The molecule has 0 bridgehead atoms. The van der Waals surface area contributed by atoms with Crippen molar-refractivity contribution in [2.24, 2.45) is 0 Å². The van der Waals surface area contributed by atoms with E-state index in [0.29, 0.717) is 12.1 Å². The first-order chi connectivity index (χ1) is 16.9. The number of nitrogens with one attached hydrogen (secondary N) is 3. The van der Waals surface area contributed by atoms with Crippen LogP contribution in [0.5, 0.6) is 0 Å². The molecule has 2 atom stereocenters. The van der Waals surface area contributed by atoms with Gasteiger partial charge in [0.1, 0.15) is 18.7 Å². The summed E-state index contributed by atoms with van der Waals surface area (Å²) in [6, 6.07) is 12.6. The number of aliphatic hydroxyl groups is 1. The zero-order valence-electron chi connectivity index (χ0n) is 18.9. The number of amides is 3. The van der Waals surface area contributed by atoms with Crippen molar-refractivity contribution in [1.82, 2.24) is 20.9 Å². The van der Waals surface area contributed by atoms with Gasteiger partial charge in [0.2, 0.25) is 11.8 Å². The highest BCUT2D eigenvalue weighted by atomic mass is 19.4. The highest BCUT2D eigenvalue weighted by Gasteiger charge is 2.47. The molecule has 3 amide bonds. The Hall–Kier alpha value is -3.61. The first-order valence-corrected chi connectivity index (χ1v) is 10.8. The van der Waals surface area contributed by atoms with E-state index in [1.54, 1.807) is 30.3 Å². The average Bonchev–Trinajstić information content (AvgIpc) is 2.84. The molecule has 1 heterocycles. The molecule has 0 saturated carbocycles. The van der Waals surface area contributed by atoms with Crippen LogP contribution in [0.3, 0.4) is 0 Å². The predicted molar refractivity (Wildman–Crippen MR) is 118 cm³/mol. The third kappa shape index (κ3) is 9.56. The third-order valence-electron chi connectivity index (χ3n) is 4.91. The van der Waals surface area contributed by atoms with E-state index in [2.05, 4.69) is 10.3 Å². The number of nitrogens with zero attached hydrogens (tertiary/aromatic N) is 1. The molecule has 13 heteroatoms. The van der Waals surface area contributed by atoms with Crippen LogP contribution in [-0.4, -0.2) is 65.1 Å². The standard InChI is InChI=1S/C23H25F5N4O4/c24-22(25,26)14-31-21(36)23(27,28)18(33)13-30-20(35)17(12-16-8-4-5-11-29-16)32-19(34)10-9-15-6-2-1-3-7-15/h1-8,11,17-18,33H,9-10,12-14H2,(H,30,35)(H,31,36)(H,32,34). The highest BCUT2D eigenvalue weighted by Crippen LogP contribution is 2.20. The van der Waals surface area contributed by atoms with Gasteiger partial charge in [-0.15, -0.1) is 0 Å². The summed E-state index contributed by atoms with van der Waals surface area (Å²) in [5.74, 6) is -8.43. The van der Waals surface area contributed by atoms with Crippen LogP contribution in [0.15, 0.2) is 54.7 Å². The molecule has 4 N–H and O–H groups in total. The number of carbonyl (C=O) groups is 3. The quantitative estimate of drug-likeness (QED) is 0.319. The fraction of sp³-hybridized carbons (Fsp3) is 0.391. The smallest absolute Gasteiger partial charge is 0.384 e. The van der Waals surface area contributed by atoms with E-state index in [-0.39, 0.29) is 12.8 Å². The fourth-order valence-corrected chi connectivity index (χ4v) is 3.00. The lowest BCUT2D eigenvalue weighted by atomic mass is 10.1. The fourth-order valence-electron chi connectivity index (χ4n) is 3.00. The lowest BCUT2D eigenvalue weighted by Gasteiger charge is -2.24. The maximum Gasteiger partial charge on any atom is 0.405 e. The molecule has 0 fully saturated rings. The Bertz CT molecular complexity index is 1010. The molecule has 36 heavy (non-hydrogen) atoms. The number of halogens is 5. The largest absolute Gasteiger partial charge is 0.405 e. The van der Waals surface area contributed by atoms with Gasteiger partial charge in [-0.05, 0) is 24.1 Å². The predicted octanol–water partition coefficient (Wildman–Crippen LogP) is 1.53. The van der Waals surface area contributed by atoms with Gasteiger partial charge in [0, 0.05) is 24.7 Å². The number of hydrogen-bond donors (Lipinski definition) is 4. The number of rotatable bonds is 12. The van der Waals surface area contributed by atoms with Gasteiger partial charge >= 0.3 is 12.1 Å². The van der Waals surface area contributed by atoms with E-state index in [4.69, 9.17) is 0 Å². The van der Waals surface area contributed by atoms with Crippen LogP contribution in [-0.2, 0) is 27.2 Å². The van der Waals surface area contributed by atoms with Gasteiger partial charge in [0.15, 0.2) is 0 Å². The second-order valence-corrected chi connectivity index (χ2v) is 7.81. The lowest BCUT2D eigenvalue weighted by molar-refractivity contribution is -0.169. The van der Waals surface area contributed by atoms with Crippen LogP contribution in [0.2, 0.25) is 0 Å². The maximum absolute atomic E-state index is 14.0. The van der Waals surface area contributed by atoms with Crippen molar-refractivity contribution in [2.75, 3.05) is 13.1 Å². The minimum absolute atomic E-state index is 0.0239. The van der Waals surface area contributed by atoms with E-state index in [0.717, 1.165) is 10.9 Å². The molecule has 2 unspecified atom stereocenters. The first kappa shape index (κ1) is 28.6. The monoisotopic (exact) mass is 516 g/mol. The van der Waals surface area contributed by atoms with Gasteiger partial charge < -0.3 is 21.1 Å². The minimum atomic E-state index is -4.93. The summed E-state index contributed by atoms with van der Waals surface area (Å²) in [5.41, 5.74) is 1.28. The van der Waals surface area contributed by atoms with Crippen molar-refractivity contribution in [3.8, 4) is 0 Å². The molecule has 2 aromatic rings. The molecule has 1 aromatic carbocycles. The summed E-state index contributed by atoms with van der Waals surface area (Å²) in [5, 5.41) is 15.2. The van der Waals surface area contributed by atoms with E-state index in [1.165, 1.54) is 6.20 Å². The van der Waals surface area contributed by atoms with Gasteiger partial charge in [-0.3, -0.25) is 19.4 Å². The zero-order valence-corrected chi connectivity index (χ0v) is 18.9. The van der Waals surface area contributed by atoms with E-state index < -0.39 is 55.1 Å². The molecule has 196 valence electrons. The Morgan fingerprint density at radius 1 is 0.944 bits per heavy atom. The Morgan fingerprint density at radius 2 is 1.61 bits per heavy atom. The van der Waals surface area contributed by atoms with E-state index in [1.807, 2.05) is 23.5 Å². The molecule has 0 aliphatic rings. The Balaban J connectivity index is 1.99. The number of carbonyl (C=O) groups excluding carboxylic acids is 3. The number of alkyl halides is 5. The van der Waals surface area contributed by atoms with Crippen molar-refractivity contribution in [3.05, 3.63) is 66.0 Å². The second kappa shape index (κ2) is 12.9. The summed E-state index contributed by atoms with van der Waals surface area (Å²) < 4.78 is 64.5. The number of aliphatic hydroxyl groups excluding tert-OH is 1. The summed E-state index contributed by atoms with van der Waals surface area (Å²) in [6.07, 6.45) is -6.01. The second-order valence-electron chi connectivity index (χ2n) is 7.81. The topological polar surface area (TPSA) is 120 Å². The van der Waals surface area contributed by atoms with Gasteiger partial charge in [-0.2, -0.15) is 22.0 Å². The molecule has 0 saturated heterocycles. The average molecular weight is 516 g/mol. The van der Waals surface area contributed by atoms with E-state index in [9.17, 15) is 41.4 Å². The van der Waals surface area contributed by atoms with Gasteiger partial charge in [0.05, 0.1) is 6.54 Å². The minimum Gasteiger partial charge on any atom is -0.384 e. The summed E-state index contributed by atoms with van der Waals surface area (Å²) in [7, 11) is 0. The number of aryl methyl sites for hydroxylation is 1. The molecular weight excluding hydrogens is 491 g/mol. The van der Waals surface area contributed by atoms with E-state index >= 15 is 0 Å². The summed E-state index contributed by atoms with van der Waals surface area (Å²) >= 11 is 0. The maximum atomic E-state index is 14.0. The van der Waals surface area contributed by atoms with Gasteiger partial charge in [-0.25, -0.2) is 0 Å². The van der Waals surface area contributed by atoms with Gasteiger partial charge in [-0.1, -0.05) is 36.4 Å². The molecule has 0 aliphatic heterocycles. The summed E-state index contributed by atoms with van der Waals surface area (Å²) in [6.45, 7) is -3.18. The van der Waals surface area contributed by atoms with Crippen molar-refractivity contribution in [2.45, 2.75) is 43.5 Å².